The highest BCUT2D eigenvalue weighted by atomic mass is 32.1. The molecule has 2 atom stereocenters. The number of fused-ring (bicyclic) bond motifs is 1. The topological polar surface area (TPSA) is 80.3 Å². The van der Waals surface area contributed by atoms with Crippen LogP contribution in [0.5, 0.6) is 0 Å². The third kappa shape index (κ3) is 5.14. The van der Waals surface area contributed by atoms with E-state index in [1.54, 1.807) is 26.8 Å². The summed E-state index contributed by atoms with van der Waals surface area (Å²) in [6.45, 7) is 8.95. The molecule has 2 aromatic rings. The smallest absolute Gasteiger partial charge is 0.408 e. The molecule has 0 bridgehead atoms. The van der Waals surface area contributed by atoms with E-state index < -0.39 is 12.1 Å². The Morgan fingerprint density at radius 3 is 2.46 bits per heavy atom. The number of amides is 2. The van der Waals surface area contributed by atoms with Crippen molar-refractivity contribution in [3.8, 4) is 0 Å². The molecule has 0 saturated heterocycles. The third-order valence-corrected chi connectivity index (χ3v) is 4.86. The van der Waals surface area contributed by atoms with Gasteiger partial charge in [0.1, 0.15) is 16.9 Å². The molecule has 2 N–H and O–H groups in total. The largest absolute Gasteiger partial charge is 0.447 e. The van der Waals surface area contributed by atoms with Crippen LogP contribution in [-0.2, 0) is 9.53 Å². The van der Waals surface area contributed by atoms with E-state index in [2.05, 4.69) is 15.6 Å². The van der Waals surface area contributed by atoms with E-state index in [9.17, 15) is 14.0 Å². The number of carbonyl (C=O) groups excluding carboxylic acids is 2. The van der Waals surface area contributed by atoms with Gasteiger partial charge in [-0.3, -0.25) is 4.79 Å². The number of hydrogen-bond donors (Lipinski definition) is 2. The molecule has 0 spiro atoms. The maximum atomic E-state index is 13.3. The van der Waals surface area contributed by atoms with Crippen molar-refractivity contribution < 1.29 is 18.7 Å². The van der Waals surface area contributed by atoms with Crippen LogP contribution in [-0.4, -0.2) is 29.1 Å². The molecule has 26 heavy (non-hydrogen) atoms. The minimum Gasteiger partial charge on any atom is -0.447 e. The number of carbonyl (C=O) groups is 2. The van der Waals surface area contributed by atoms with Crippen molar-refractivity contribution >= 4 is 33.6 Å². The zero-order valence-corrected chi connectivity index (χ0v) is 16.3. The molecule has 0 radical (unpaired) electrons. The molecule has 6 nitrogen and oxygen atoms in total. The summed E-state index contributed by atoms with van der Waals surface area (Å²) in [6, 6.07) is 3.29. The number of aromatic nitrogens is 1. The summed E-state index contributed by atoms with van der Waals surface area (Å²) in [6.07, 6.45) is -0.898. The fourth-order valence-corrected chi connectivity index (χ4v) is 3.37. The first kappa shape index (κ1) is 20.1. The van der Waals surface area contributed by atoms with E-state index in [4.69, 9.17) is 4.74 Å². The fraction of sp³-hybridized carbons (Fsp3) is 0.500. The van der Waals surface area contributed by atoms with Crippen LogP contribution in [0.15, 0.2) is 18.2 Å². The normalized spacial score (nSPS) is 13.7. The van der Waals surface area contributed by atoms with Gasteiger partial charge in [0.25, 0.3) is 0 Å². The number of nitrogens with zero attached hydrogens (tertiary/aromatic N) is 1. The molecule has 0 aliphatic carbocycles. The highest BCUT2D eigenvalue weighted by Crippen LogP contribution is 2.27. The van der Waals surface area contributed by atoms with Crippen LogP contribution in [0.2, 0.25) is 0 Å². The monoisotopic (exact) mass is 381 g/mol. The number of alkyl carbamates (subject to hydrolysis) is 1. The number of thiazole rings is 1. The standard InChI is InChI=1S/C18H24FN3O3S/c1-9(2)15(22-18(24)25-10(3)4)16(23)20-11(5)17-21-13-7-6-12(19)8-14(13)26-17/h6-11,15H,1-5H3,(H,20,23)(H,22,24)/t11-,15-/m0/s1. The van der Waals surface area contributed by atoms with E-state index in [1.807, 2.05) is 13.8 Å². The molecule has 0 saturated carbocycles. The van der Waals surface area contributed by atoms with Gasteiger partial charge in [0.05, 0.1) is 22.4 Å². The number of rotatable bonds is 6. The van der Waals surface area contributed by atoms with Gasteiger partial charge in [0.15, 0.2) is 0 Å². The molecule has 142 valence electrons. The van der Waals surface area contributed by atoms with Crippen LogP contribution in [0.3, 0.4) is 0 Å². The highest BCUT2D eigenvalue weighted by molar-refractivity contribution is 7.18. The lowest BCUT2D eigenvalue weighted by atomic mass is 10.0. The van der Waals surface area contributed by atoms with Gasteiger partial charge in [-0.15, -0.1) is 11.3 Å². The van der Waals surface area contributed by atoms with E-state index in [0.29, 0.717) is 10.5 Å². The molecule has 1 aromatic carbocycles. The Bertz CT molecular complexity index is 791. The number of benzene rings is 1. The molecule has 0 unspecified atom stereocenters. The number of halogens is 1. The van der Waals surface area contributed by atoms with Gasteiger partial charge >= 0.3 is 6.09 Å². The lowest BCUT2D eigenvalue weighted by Crippen LogP contribution is -2.50. The van der Waals surface area contributed by atoms with Crippen molar-refractivity contribution in [2.75, 3.05) is 0 Å². The Hall–Kier alpha value is -2.22. The summed E-state index contributed by atoms with van der Waals surface area (Å²) < 4.78 is 19.1. The van der Waals surface area contributed by atoms with Crippen molar-refractivity contribution in [2.24, 2.45) is 5.92 Å². The van der Waals surface area contributed by atoms with Crippen LogP contribution in [0, 0.1) is 11.7 Å². The Morgan fingerprint density at radius 1 is 1.15 bits per heavy atom. The van der Waals surface area contributed by atoms with Crippen LogP contribution in [0.1, 0.15) is 45.7 Å². The van der Waals surface area contributed by atoms with Gasteiger partial charge in [-0.1, -0.05) is 13.8 Å². The lowest BCUT2D eigenvalue weighted by Gasteiger charge is -2.23. The average molecular weight is 381 g/mol. The third-order valence-electron chi connectivity index (χ3n) is 3.66. The fourth-order valence-electron chi connectivity index (χ4n) is 2.38. The van der Waals surface area contributed by atoms with Crippen molar-refractivity contribution in [1.82, 2.24) is 15.6 Å². The van der Waals surface area contributed by atoms with Crippen molar-refractivity contribution in [2.45, 2.75) is 52.8 Å². The zero-order valence-electron chi connectivity index (χ0n) is 15.5. The van der Waals surface area contributed by atoms with E-state index >= 15 is 0 Å². The Kier molecular flexibility index (Phi) is 6.52. The molecule has 2 amide bonds. The Balaban J connectivity index is 2.07. The van der Waals surface area contributed by atoms with Crippen LogP contribution >= 0.6 is 11.3 Å². The molecule has 1 aromatic heterocycles. The van der Waals surface area contributed by atoms with Gasteiger partial charge in [-0.25, -0.2) is 14.2 Å². The number of hydrogen-bond acceptors (Lipinski definition) is 5. The molecular weight excluding hydrogens is 357 g/mol. The van der Waals surface area contributed by atoms with Crippen LogP contribution in [0.4, 0.5) is 9.18 Å². The molecular formula is C18H24FN3O3S. The average Bonchev–Trinajstić information content (AvgIpc) is 2.94. The summed E-state index contributed by atoms with van der Waals surface area (Å²) in [7, 11) is 0. The number of ether oxygens (including phenoxy) is 1. The molecule has 0 aliphatic heterocycles. The van der Waals surface area contributed by atoms with Gasteiger partial charge in [-0.05, 0) is 44.9 Å². The second kappa shape index (κ2) is 8.44. The first-order valence-corrected chi connectivity index (χ1v) is 9.32. The summed E-state index contributed by atoms with van der Waals surface area (Å²) in [5, 5.41) is 6.13. The second-order valence-corrected chi connectivity index (χ2v) is 7.78. The van der Waals surface area contributed by atoms with Crippen molar-refractivity contribution in [3.63, 3.8) is 0 Å². The number of nitrogens with one attached hydrogen (secondary N) is 2. The van der Waals surface area contributed by atoms with Crippen molar-refractivity contribution in [3.05, 3.63) is 29.0 Å². The quantitative estimate of drug-likeness (QED) is 0.798. The Morgan fingerprint density at radius 2 is 1.85 bits per heavy atom. The molecule has 2 rings (SSSR count). The molecule has 0 aliphatic rings. The zero-order chi connectivity index (χ0) is 19.4. The summed E-state index contributed by atoms with van der Waals surface area (Å²) in [5.41, 5.74) is 0.687. The SMILES string of the molecule is CC(C)OC(=O)N[C@H](C(=O)N[C@@H](C)c1nc2ccc(F)cc2s1)C(C)C. The predicted octanol–water partition coefficient (Wildman–Crippen LogP) is 3.77. The van der Waals surface area contributed by atoms with E-state index in [0.717, 1.165) is 4.70 Å². The first-order valence-electron chi connectivity index (χ1n) is 8.51. The summed E-state index contributed by atoms with van der Waals surface area (Å²) >= 11 is 1.33. The minimum atomic E-state index is -0.726. The summed E-state index contributed by atoms with van der Waals surface area (Å²) in [5.74, 6) is -0.762. The van der Waals surface area contributed by atoms with Gasteiger partial charge in [-0.2, -0.15) is 0 Å². The van der Waals surface area contributed by atoms with Gasteiger partial charge in [0, 0.05) is 0 Å². The van der Waals surface area contributed by atoms with Gasteiger partial charge < -0.3 is 15.4 Å². The Labute approximate surface area is 156 Å². The van der Waals surface area contributed by atoms with Crippen LogP contribution < -0.4 is 10.6 Å². The summed E-state index contributed by atoms with van der Waals surface area (Å²) in [4.78, 5) is 28.8. The van der Waals surface area contributed by atoms with Crippen molar-refractivity contribution in [1.29, 1.82) is 0 Å². The maximum Gasteiger partial charge on any atom is 0.408 e. The molecule has 0 fully saturated rings. The molecule has 1 heterocycles. The van der Waals surface area contributed by atoms with E-state index in [-0.39, 0.29) is 29.8 Å². The maximum absolute atomic E-state index is 13.3. The molecule has 8 heteroatoms. The van der Waals surface area contributed by atoms with Crippen LogP contribution in [0.25, 0.3) is 10.2 Å². The first-order chi connectivity index (χ1) is 12.2. The van der Waals surface area contributed by atoms with E-state index in [1.165, 1.54) is 23.5 Å². The highest BCUT2D eigenvalue weighted by Gasteiger charge is 2.27. The minimum absolute atomic E-state index is 0.119. The lowest BCUT2D eigenvalue weighted by molar-refractivity contribution is -0.124. The van der Waals surface area contributed by atoms with Gasteiger partial charge in [0.2, 0.25) is 5.91 Å². The predicted molar refractivity (Wildman–Crippen MR) is 99.5 cm³/mol. The second-order valence-electron chi connectivity index (χ2n) is 6.71.